The molecular weight excluding hydrogens is 674 g/mol. The van der Waals surface area contributed by atoms with Gasteiger partial charge in [-0.1, -0.05) is 15.9 Å². The summed E-state index contributed by atoms with van der Waals surface area (Å²) in [5.74, 6) is -0.304. The molecule has 0 radical (unpaired) electrons. The average molecular weight is 698 g/mol. The van der Waals surface area contributed by atoms with Crippen LogP contribution in [-0.2, 0) is 4.79 Å². The van der Waals surface area contributed by atoms with Gasteiger partial charge in [-0.2, -0.15) is 5.10 Å². The van der Waals surface area contributed by atoms with Gasteiger partial charge in [0.25, 0.3) is 11.8 Å². The molecule has 0 saturated carbocycles. The number of aryl methyl sites for hydroxylation is 2. The Bertz CT molecular complexity index is 1360. The summed E-state index contributed by atoms with van der Waals surface area (Å²) in [5, 5.41) is 16.7. The zero-order chi connectivity index (χ0) is 27.1. The van der Waals surface area contributed by atoms with E-state index in [0.717, 1.165) is 15.6 Å². The van der Waals surface area contributed by atoms with Gasteiger partial charge >= 0.3 is 0 Å². The summed E-state index contributed by atoms with van der Waals surface area (Å²) in [7, 11) is 0. The number of phenols is 1. The number of ether oxygens (including phenoxy) is 2. The maximum atomic E-state index is 12.6. The van der Waals surface area contributed by atoms with E-state index in [1.54, 1.807) is 18.2 Å². The van der Waals surface area contributed by atoms with Crippen molar-refractivity contribution >= 4 is 71.5 Å². The van der Waals surface area contributed by atoms with E-state index in [0.29, 0.717) is 38.3 Å². The molecule has 0 fully saturated rings. The van der Waals surface area contributed by atoms with Gasteiger partial charge in [0.2, 0.25) is 0 Å². The summed E-state index contributed by atoms with van der Waals surface area (Å²) >= 11 is 10.2. The molecule has 3 rings (SSSR count). The van der Waals surface area contributed by atoms with Crippen LogP contribution in [0.1, 0.15) is 34.0 Å². The molecule has 0 aliphatic rings. The summed E-state index contributed by atoms with van der Waals surface area (Å²) < 4.78 is 13.5. The number of amides is 2. The van der Waals surface area contributed by atoms with Gasteiger partial charge < -0.3 is 19.9 Å². The van der Waals surface area contributed by atoms with Gasteiger partial charge in [0.15, 0.2) is 18.1 Å². The molecule has 0 bridgehead atoms. The summed E-state index contributed by atoms with van der Waals surface area (Å²) in [5.41, 5.74) is 5.89. The Morgan fingerprint density at radius 2 is 1.73 bits per heavy atom. The van der Waals surface area contributed by atoms with Crippen LogP contribution < -0.4 is 20.2 Å². The fourth-order valence-corrected chi connectivity index (χ4v) is 4.67. The van der Waals surface area contributed by atoms with Crippen LogP contribution in [0, 0.1) is 13.8 Å². The van der Waals surface area contributed by atoms with Crippen LogP contribution in [0.25, 0.3) is 0 Å². The molecule has 8 nitrogen and oxygen atoms in total. The van der Waals surface area contributed by atoms with E-state index in [-0.39, 0.29) is 23.8 Å². The molecule has 0 spiro atoms. The lowest BCUT2D eigenvalue weighted by atomic mass is 10.1. The standard InChI is InChI=1S/C26H24Br3N3O5/c1-4-36-23-10-16(12-30-32-26(35)18-11-17(27)5-6-22(18)33)9-20(29)25(23)37-13-24(34)31-21-8-15(3)14(2)7-19(21)28/h5-12,33H,4,13H2,1-3H3,(H,31,34)(H,32,35)/b30-12-. The van der Waals surface area contributed by atoms with Crippen molar-refractivity contribution in [1.82, 2.24) is 5.43 Å². The predicted molar refractivity (Wildman–Crippen MR) is 154 cm³/mol. The second-order valence-corrected chi connectivity index (χ2v) is 10.5. The number of rotatable bonds is 9. The fourth-order valence-electron chi connectivity index (χ4n) is 3.18. The first kappa shape index (κ1) is 28.7. The van der Waals surface area contributed by atoms with E-state index >= 15 is 0 Å². The van der Waals surface area contributed by atoms with Crippen LogP contribution in [0.2, 0.25) is 0 Å². The third-order valence-corrected chi connectivity index (χ3v) is 6.86. The molecule has 11 heteroatoms. The third-order valence-electron chi connectivity index (χ3n) is 5.12. The molecule has 0 aliphatic carbocycles. The Hall–Kier alpha value is -2.89. The van der Waals surface area contributed by atoms with Crippen LogP contribution >= 0.6 is 47.8 Å². The van der Waals surface area contributed by atoms with Gasteiger partial charge in [-0.05, 0) is 112 Å². The van der Waals surface area contributed by atoms with E-state index in [2.05, 4.69) is 63.6 Å². The lowest BCUT2D eigenvalue weighted by Gasteiger charge is -2.15. The number of nitrogens with one attached hydrogen (secondary N) is 2. The molecule has 3 aromatic carbocycles. The number of hydrogen-bond donors (Lipinski definition) is 3. The molecule has 37 heavy (non-hydrogen) atoms. The topological polar surface area (TPSA) is 109 Å². The Morgan fingerprint density at radius 1 is 1.00 bits per heavy atom. The summed E-state index contributed by atoms with van der Waals surface area (Å²) in [6.07, 6.45) is 1.42. The van der Waals surface area contributed by atoms with Crippen LogP contribution in [0.15, 0.2) is 61.0 Å². The van der Waals surface area contributed by atoms with E-state index in [9.17, 15) is 14.7 Å². The zero-order valence-corrected chi connectivity index (χ0v) is 25.0. The van der Waals surface area contributed by atoms with E-state index in [1.807, 2.05) is 32.9 Å². The molecule has 0 atom stereocenters. The monoisotopic (exact) mass is 695 g/mol. The van der Waals surface area contributed by atoms with E-state index in [1.165, 1.54) is 18.3 Å². The third kappa shape index (κ3) is 7.80. The molecule has 3 aromatic rings. The summed E-state index contributed by atoms with van der Waals surface area (Å²) in [4.78, 5) is 24.9. The lowest BCUT2D eigenvalue weighted by Crippen LogP contribution is -2.21. The van der Waals surface area contributed by atoms with Crippen molar-refractivity contribution in [3.8, 4) is 17.2 Å². The van der Waals surface area contributed by atoms with Crippen LogP contribution in [0.4, 0.5) is 5.69 Å². The molecular formula is C26H24Br3N3O5. The quantitative estimate of drug-likeness (QED) is 0.175. The van der Waals surface area contributed by atoms with Gasteiger partial charge in [-0.15, -0.1) is 0 Å². The first-order valence-electron chi connectivity index (χ1n) is 11.1. The fraction of sp³-hybridized carbons (Fsp3) is 0.192. The molecule has 3 N–H and O–H groups in total. The molecule has 0 aromatic heterocycles. The highest BCUT2D eigenvalue weighted by atomic mass is 79.9. The van der Waals surface area contributed by atoms with Gasteiger partial charge in [0.05, 0.1) is 28.5 Å². The van der Waals surface area contributed by atoms with Gasteiger partial charge in [-0.25, -0.2) is 5.43 Å². The maximum absolute atomic E-state index is 12.6. The Labute approximate surface area is 239 Å². The smallest absolute Gasteiger partial charge is 0.275 e. The first-order chi connectivity index (χ1) is 17.6. The van der Waals surface area contributed by atoms with Crippen molar-refractivity contribution < 1.29 is 24.2 Å². The van der Waals surface area contributed by atoms with Crippen molar-refractivity contribution in [2.24, 2.45) is 5.10 Å². The molecule has 0 aliphatic heterocycles. The van der Waals surface area contributed by atoms with Crippen LogP contribution in [0.5, 0.6) is 17.2 Å². The highest BCUT2D eigenvalue weighted by molar-refractivity contribution is 9.11. The molecule has 194 valence electrons. The molecule has 2 amide bonds. The van der Waals surface area contributed by atoms with Crippen LogP contribution in [0.3, 0.4) is 0 Å². The minimum Gasteiger partial charge on any atom is -0.507 e. The van der Waals surface area contributed by atoms with Crippen molar-refractivity contribution in [1.29, 1.82) is 0 Å². The van der Waals surface area contributed by atoms with Gasteiger partial charge in [-0.3, -0.25) is 9.59 Å². The molecule has 0 heterocycles. The number of nitrogens with zero attached hydrogens (tertiary/aromatic N) is 1. The number of hydrazone groups is 1. The Morgan fingerprint density at radius 3 is 2.46 bits per heavy atom. The lowest BCUT2D eigenvalue weighted by molar-refractivity contribution is -0.118. The van der Waals surface area contributed by atoms with Crippen LogP contribution in [-0.4, -0.2) is 36.3 Å². The minimum absolute atomic E-state index is 0.0811. The summed E-state index contributed by atoms with van der Waals surface area (Å²) in [6.45, 7) is 5.92. The Balaban J connectivity index is 1.69. The highest BCUT2D eigenvalue weighted by Gasteiger charge is 2.15. The number of benzene rings is 3. The molecule has 0 unspecified atom stereocenters. The van der Waals surface area contributed by atoms with Gasteiger partial charge in [0.1, 0.15) is 5.75 Å². The van der Waals surface area contributed by atoms with Crippen molar-refractivity contribution in [2.75, 3.05) is 18.5 Å². The van der Waals surface area contributed by atoms with Crippen molar-refractivity contribution in [2.45, 2.75) is 20.8 Å². The first-order valence-corrected chi connectivity index (χ1v) is 13.4. The average Bonchev–Trinajstić information content (AvgIpc) is 2.83. The van der Waals surface area contributed by atoms with Crippen molar-refractivity contribution in [3.63, 3.8) is 0 Å². The second kappa shape index (κ2) is 13.1. The van der Waals surface area contributed by atoms with Crippen molar-refractivity contribution in [3.05, 3.63) is 78.1 Å². The highest BCUT2D eigenvalue weighted by Crippen LogP contribution is 2.37. The minimum atomic E-state index is -0.569. The van der Waals surface area contributed by atoms with E-state index in [4.69, 9.17) is 9.47 Å². The second-order valence-electron chi connectivity index (χ2n) is 7.88. The summed E-state index contributed by atoms with van der Waals surface area (Å²) in [6, 6.07) is 11.7. The largest absolute Gasteiger partial charge is 0.507 e. The zero-order valence-electron chi connectivity index (χ0n) is 20.2. The maximum Gasteiger partial charge on any atom is 0.275 e. The Kier molecular flexibility index (Phi) is 10.1. The number of phenolic OH excluding ortho intramolecular Hbond substituents is 1. The number of anilines is 1. The number of carbonyl (C=O) groups is 2. The number of hydrogen-bond acceptors (Lipinski definition) is 6. The SMILES string of the molecule is CCOc1cc(/C=N\NC(=O)c2cc(Br)ccc2O)cc(Br)c1OCC(=O)Nc1cc(C)c(C)cc1Br. The van der Waals surface area contributed by atoms with Gasteiger partial charge in [0, 0.05) is 8.95 Å². The number of carbonyl (C=O) groups excluding carboxylic acids is 2. The predicted octanol–water partition coefficient (Wildman–Crippen LogP) is 6.48. The normalized spacial score (nSPS) is 10.9. The number of halogens is 3. The number of aromatic hydroxyl groups is 1. The van der Waals surface area contributed by atoms with E-state index < -0.39 is 5.91 Å². The molecule has 0 saturated heterocycles.